The van der Waals surface area contributed by atoms with E-state index in [-0.39, 0.29) is 0 Å². The zero-order valence-electron chi connectivity index (χ0n) is 16.4. The normalized spacial score (nSPS) is 10.3. The summed E-state index contributed by atoms with van der Waals surface area (Å²) < 4.78 is 0. The molecule has 0 heterocycles. The van der Waals surface area contributed by atoms with Gasteiger partial charge in [-0.3, -0.25) is 0 Å². The highest BCUT2D eigenvalue weighted by Crippen LogP contribution is 2.37. The molecule has 4 aromatic rings. The van der Waals surface area contributed by atoms with Gasteiger partial charge in [-0.2, -0.15) is 10.5 Å². The molecule has 4 rings (SSSR count). The lowest BCUT2D eigenvalue weighted by molar-refractivity contribution is 1.20. The third-order valence-electron chi connectivity index (χ3n) is 5.19. The molecule has 0 fully saturated rings. The Morgan fingerprint density at radius 3 is 1.29 bits per heavy atom. The maximum Gasteiger partial charge on any atom is 0.0991 e. The van der Waals surface area contributed by atoms with Crippen LogP contribution in [0.1, 0.15) is 22.3 Å². The highest BCUT2D eigenvalue weighted by Gasteiger charge is 2.15. The van der Waals surface area contributed by atoms with E-state index >= 15 is 0 Å². The van der Waals surface area contributed by atoms with E-state index in [2.05, 4.69) is 24.3 Å². The standard InChI is InChI=1S/C27H16Cl2N2/c28-24-5-1-3-22(26(24)20-11-7-18(16-30)8-12-20)15-23-4-2-6-25(29)27(23)21-13-9-19(17-31)10-14-21/h1-14H,15H2. The largest absolute Gasteiger partial charge is 0.192 e. The van der Waals surface area contributed by atoms with Crippen molar-refractivity contribution in [2.24, 2.45) is 0 Å². The smallest absolute Gasteiger partial charge is 0.0991 e. The summed E-state index contributed by atoms with van der Waals surface area (Å²) in [6.07, 6.45) is 0.631. The zero-order valence-corrected chi connectivity index (χ0v) is 18.0. The first kappa shape index (κ1) is 20.7. The van der Waals surface area contributed by atoms with E-state index in [0.29, 0.717) is 27.6 Å². The molecule has 4 aromatic carbocycles. The Morgan fingerprint density at radius 2 is 0.935 bits per heavy atom. The second-order valence-corrected chi connectivity index (χ2v) is 7.92. The van der Waals surface area contributed by atoms with Crippen molar-refractivity contribution in [1.29, 1.82) is 10.5 Å². The van der Waals surface area contributed by atoms with Crippen molar-refractivity contribution >= 4 is 23.2 Å². The molecule has 0 atom stereocenters. The third kappa shape index (κ3) is 4.32. The minimum atomic E-state index is 0.607. The lowest BCUT2D eigenvalue weighted by Crippen LogP contribution is -1.97. The van der Waals surface area contributed by atoms with Gasteiger partial charge in [-0.25, -0.2) is 0 Å². The van der Waals surface area contributed by atoms with Crippen LogP contribution in [0, 0.1) is 22.7 Å². The molecule has 0 amide bonds. The quantitative estimate of drug-likeness (QED) is 0.328. The number of benzene rings is 4. The molecule has 0 aliphatic carbocycles. The van der Waals surface area contributed by atoms with E-state index in [0.717, 1.165) is 33.4 Å². The topological polar surface area (TPSA) is 47.6 Å². The molecule has 148 valence electrons. The van der Waals surface area contributed by atoms with Crippen LogP contribution >= 0.6 is 23.2 Å². The Kier molecular flexibility index (Phi) is 6.06. The molecule has 0 bridgehead atoms. The van der Waals surface area contributed by atoms with Gasteiger partial charge in [0.1, 0.15) is 0 Å². The third-order valence-corrected chi connectivity index (χ3v) is 5.82. The van der Waals surface area contributed by atoms with Crippen LogP contribution in [0.5, 0.6) is 0 Å². The van der Waals surface area contributed by atoms with Crippen LogP contribution in [0.25, 0.3) is 22.3 Å². The molecule has 0 aliphatic heterocycles. The molecule has 0 saturated heterocycles. The van der Waals surface area contributed by atoms with Crippen molar-refractivity contribution in [3.8, 4) is 34.4 Å². The number of halogens is 2. The van der Waals surface area contributed by atoms with E-state index in [9.17, 15) is 0 Å². The SMILES string of the molecule is N#Cc1ccc(-c2c(Cl)cccc2Cc2cccc(Cl)c2-c2ccc(C#N)cc2)cc1. The minimum absolute atomic E-state index is 0.607. The van der Waals surface area contributed by atoms with Gasteiger partial charge in [0.05, 0.1) is 23.3 Å². The first-order valence-corrected chi connectivity index (χ1v) is 10.4. The number of hydrogen-bond donors (Lipinski definition) is 0. The van der Waals surface area contributed by atoms with Crippen molar-refractivity contribution in [1.82, 2.24) is 0 Å². The highest BCUT2D eigenvalue weighted by molar-refractivity contribution is 6.34. The molecule has 2 nitrogen and oxygen atoms in total. The first-order chi connectivity index (χ1) is 15.1. The maximum absolute atomic E-state index is 9.09. The first-order valence-electron chi connectivity index (χ1n) is 9.66. The van der Waals surface area contributed by atoms with Gasteiger partial charge in [0, 0.05) is 21.2 Å². The molecule has 0 N–H and O–H groups in total. The summed E-state index contributed by atoms with van der Waals surface area (Å²) in [5, 5.41) is 19.5. The van der Waals surface area contributed by atoms with Gasteiger partial charge in [0.15, 0.2) is 0 Å². The number of nitrogens with zero attached hydrogens (tertiary/aromatic N) is 2. The monoisotopic (exact) mass is 438 g/mol. The second kappa shape index (κ2) is 9.07. The zero-order chi connectivity index (χ0) is 21.8. The lowest BCUT2D eigenvalue weighted by Gasteiger charge is -2.16. The van der Waals surface area contributed by atoms with Crippen LogP contribution in [-0.2, 0) is 6.42 Å². The molecule has 4 heteroatoms. The second-order valence-electron chi connectivity index (χ2n) is 7.10. The van der Waals surface area contributed by atoms with E-state index in [1.165, 1.54) is 0 Å². The predicted octanol–water partition coefficient (Wildman–Crippen LogP) is 7.66. The number of hydrogen-bond acceptors (Lipinski definition) is 2. The van der Waals surface area contributed by atoms with Crippen molar-refractivity contribution in [2.45, 2.75) is 6.42 Å². The number of nitriles is 2. The van der Waals surface area contributed by atoms with Crippen LogP contribution in [0.15, 0.2) is 84.9 Å². The number of rotatable bonds is 4. The van der Waals surface area contributed by atoms with Gasteiger partial charge >= 0.3 is 0 Å². The Morgan fingerprint density at radius 1 is 0.548 bits per heavy atom. The van der Waals surface area contributed by atoms with Gasteiger partial charge in [0.2, 0.25) is 0 Å². The van der Waals surface area contributed by atoms with E-state index in [4.69, 9.17) is 33.7 Å². The fourth-order valence-corrected chi connectivity index (χ4v) is 4.31. The molecule has 0 aliphatic rings. The molecule has 31 heavy (non-hydrogen) atoms. The Balaban J connectivity index is 1.80. The Hall–Kier alpha value is -3.56. The summed E-state index contributed by atoms with van der Waals surface area (Å²) in [6.45, 7) is 0. The summed E-state index contributed by atoms with van der Waals surface area (Å²) in [5.41, 5.74) is 7.15. The van der Waals surface area contributed by atoms with Gasteiger partial charge in [-0.15, -0.1) is 0 Å². The van der Waals surface area contributed by atoms with Crippen molar-refractivity contribution < 1.29 is 0 Å². The fourth-order valence-electron chi connectivity index (χ4n) is 3.71. The molecule has 0 unspecified atom stereocenters. The average Bonchev–Trinajstić information content (AvgIpc) is 2.80. The molecular formula is C27H16Cl2N2. The maximum atomic E-state index is 9.09. The summed E-state index contributed by atoms with van der Waals surface area (Å²) in [5.74, 6) is 0. The van der Waals surface area contributed by atoms with Crippen molar-refractivity contribution in [3.05, 3.63) is 117 Å². The Bertz CT molecular complexity index is 1220. The van der Waals surface area contributed by atoms with Gasteiger partial charge in [0.25, 0.3) is 0 Å². The van der Waals surface area contributed by atoms with Crippen LogP contribution in [0.2, 0.25) is 10.0 Å². The molecular weight excluding hydrogens is 423 g/mol. The fraction of sp³-hybridized carbons (Fsp3) is 0.0370. The van der Waals surface area contributed by atoms with Crippen LogP contribution < -0.4 is 0 Å². The van der Waals surface area contributed by atoms with Gasteiger partial charge in [-0.1, -0.05) is 71.7 Å². The summed E-state index contributed by atoms with van der Waals surface area (Å²) in [4.78, 5) is 0. The van der Waals surface area contributed by atoms with Crippen LogP contribution in [0.3, 0.4) is 0 Å². The van der Waals surface area contributed by atoms with E-state index in [1.54, 1.807) is 24.3 Å². The van der Waals surface area contributed by atoms with E-state index in [1.807, 2.05) is 48.5 Å². The lowest BCUT2D eigenvalue weighted by atomic mass is 9.90. The van der Waals surface area contributed by atoms with Crippen molar-refractivity contribution in [3.63, 3.8) is 0 Å². The minimum Gasteiger partial charge on any atom is -0.192 e. The molecule has 0 aromatic heterocycles. The summed E-state index contributed by atoms with van der Waals surface area (Å²) >= 11 is 13.2. The van der Waals surface area contributed by atoms with Crippen LogP contribution in [-0.4, -0.2) is 0 Å². The Labute approximate surface area is 191 Å². The molecule has 0 radical (unpaired) electrons. The molecule has 0 spiro atoms. The molecule has 0 saturated carbocycles. The predicted molar refractivity (Wildman–Crippen MR) is 126 cm³/mol. The summed E-state index contributed by atoms with van der Waals surface area (Å²) in [6, 6.07) is 30.9. The highest BCUT2D eigenvalue weighted by atomic mass is 35.5. The van der Waals surface area contributed by atoms with Crippen molar-refractivity contribution in [2.75, 3.05) is 0 Å². The van der Waals surface area contributed by atoms with Gasteiger partial charge < -0.3 is 0 Å². The van der Waals surface area contributed by atoms with E-state index < -0.39 is 0 Å². The van der Waals surface area contributed by atoms with Gasteiger partial charge in [-0.05, 0) is 65.1 Å². The van der Waals surface area contributed by atoms with Crippen LogP contribution in [0.4, 0.5) is 0 Å². The average molecular weight is 439 g/mol. The summed E-state index contributed by atoms with van der Waals surface area (Å²) in [7, 11) is 0.